The number of hydrogen-bond donors (Lipinski definition) is 0. The Morgan fingerprint density at radius 3 is 1.33 bits per heavy atom. The van der Waals surface area contributed by atoms with Crippen molar-refractivity contribution in [3.8, 4) is 0 Å². The molecule has 0 amide bonds. The minimum Gasteiger partial charge on any atom is -0.254 e. The van der Waals surface area contributed by atoms with Gasteiger partial charge in [-0.05, 0) is 14.1 Å². The molecule has 0 fully saturated rings. The Kier molecular flexibility index (Phi) is 14.6. The molecule has 0 radical (unpaired) electrons. The molecule has 0 heterocycles. The lowest BCUT2D eigenvalue weighted by atomic mass is 11.3. The molecule has 2 heteroatoms. The third-order valence-electron chi connectivity index (χ3n) is 0. The van der Waals surface area contributed by atoms with E-state index in [2.05, 4.69) is 36.0 Å². The molecule has 0 aromatic rings. The van der Waals surface area contributed by atoms with Crippen LogP contribution < -0.4 is 0 Å². The number of rotatable bonds is 0. The topological polar surface area (TPSA) is 3.24 Å². The lowest BCUT2D eigenvalue weighted by molar-refractivity contribution is 0.760. The highest BCUT2D eigenvalue weighted by Gasteiger charge is 1.61. The standard InChI is InChI=1S/C2H6IN.C2H4/c1-4(2)3;1-2/h1-2H3;1-2H2. The predicted molar refractivity (Wildman–Crippen MR) is 39.0 cm³/mol. The smallest absolute Gasteiger partial charge is 0.0195 e. The maximum absolute atomic E-state index is 3.00. The van der Waals surface area contributed by atoms with Crippen molar-refractivity contribution < 1.29 is 0 Å². The van der Waals surface area contributed by atoms with E-state index >= 15 is 0 Å². The quantitative estimate of drug-likeness (QED) is 0.326. The van der Waals surface area contributed by atoms with Gasteiger partial charge in [0.2, 0.25) is 0 Å². The summed E-state index contributed by atoms with van der Waals surface area (Å²) in [5.74, 6) is 0. The van der Waals surface area contributed by atoms with Crippen LogP contribution in [-0.4, -0.2) is 17.2 Å². The van der Waals surface area contributed by atoms with Crippen LogP contribution in [0, 0.1) is 0 Å². The molecule has 38 valence electrons. The van der Waals surface area contributed by atoms with Gasteiger partial charge >= 0.3 is 0 Å². The number of hydrogen-bond acceptors (Lipinski definition) is 1. The van der Waals surface area contributed by atoms with Crippen molar-refractivity contribution >= 4 is 22.9 Å². The molecule has 0 aliphatic heterocycles. The van der Waals surface area contributed by atoms with Crippen molar-refractivity contribution in [3.63, 3.8) is 0 Å². The molecule has 6 heavy (non-hydrogen) atoms. The van der Waals surface area contributed by atoms with Crippen molar-refractivity contribution in [2.24, 2.45) is 0 Å². The zero-order valence-electron chi connectivity index (χ0n) is 4.24. The highest BCUT2D eigenvalue weighted by Crippen LogP contribution is 1.79. The van der Waals surface area contributed by atoms with Gasteiger partial charge in [-0.25, -0.2) is 0 Å². The van der Waals surface area contributed by atoms with E-state index in [9.17, 15) is 0 Å². The molecule has 0 N–H and O–H groups in total. The third-order valence-corrected chi connectivity index (χ3v) is 0. The van der Waals surface area contributed by atoms with Gasteiger partial charge in [0, 0.05) is 22.9 Å². The summed E-state index contributed by atoms with van der Waals surface area (Å²) in [7, 11) is 3.97. The van der Waals surface area contributed by atoms with Gasteiger partial charge in [0.05, 0.1) is 0 Å². The van der Waals surface area contributed by atoms with Crippen LogP contribution in [0.15, 0.2) is 13.2 Å². The fourth-order valence-electron chi connectivity index (χ4n) is 0. The van der Waals surface area contributed by atoms with E-state index < -0.39 is 0 Å². The average Bonchev–Trinajstić information content (AvgIpc) is 1.41. The van der Waals surface area contributed by atoms with E-state index in [0.29, 0.717) is 0 Å². The first kappa shape index (κ1) is 9.66. The van der Waals surface area contributed by atoms with E-state index in [1.165, 1.54) is 0 Å². The maximum Gasteiger partial charge on any atom is 0.0195 e. The molecule has 0 spiro atoms. The second-order valence-electron chi connectivity index (χ2n) is 0.785. The molecule has 1 nitrogen and oxygen atoms in total. The van der Waals surface area contributed by atoms with E-state index in [0.717, 1.165) is 0 Å². The van der Waals surface area contributed by atoms with Crippen LogP contribution in [0.3, 0.4) is 0 Å². The second kappa shape index (κ2) is 9.06. The normalized spacial score (nSPS) is 6.67. The van der Waals surface area contributed by atoms with Gasteiger partial charge in [-0.1, -0.05) is 0 Å². The largest absolute Gasteiger partial charge is 0.254 e. The SMILES string of the molecule is C=C.CN(C)I. The lowest BCUT2D eigenvalue weighted by Crippen LogP contribution is -1.88. The van der Waals surface area contributed by atoms with Crippen molar-refractivity contribution in [2.75, 3.05) is 14.1 Å². The molecule has 0 saturated heterocycles. The lowest BCUT2D eigenvalue weighted by Gasteiger charge is -1.86. The van der Waals surface area contributed by atoms with E-state index in [-0.39, 0.29) is 0 Å². The Morgan fingerprint density at radius 1 is 1.33 bits per heavy atom. The monoisotopic (exact) mass is 199 g/mol. The summed E-state index contributed by atoms with van der Waals surface area (Å²) >= 11 is 2.18. The van der Waals surface area contributed by atoms with Crippen LogP contribution in [0.4, 0.5) is 0 Å². The molecule has 0 saturated carbocycles. The second-order valence-corrected chi connectivity index (χ2v) is 2.72. The number of nitrogens with zero attached hydrogens (tertiary/aromatic N) is 1. The van der Waals surface area contributed by atoms with Gasteiger partial charge in [0.1, 0.15) is 0 Å². The van der Waals surface area contributed by atoms with Crippen LogP contribution >= 0.6 is 22.9 Å². The molecule has 0 aromatic heterocycles. The molecular weight excluding hydrogens is 189 g/mol. The summed E-state index contributed by atoms with van der Waals surface area (Å²) in [6.45, 7) is 6.00. The molecule has 0 unspecified atom stereocenters. The minimum atomic E-state index is 1.97. The molecule has 0 bridgehead atoms. The van der Waals surface area contributed by atoms with Crippen molar-refractivity contribution in [1.29, 1.82) is 0 Å². The third kappa shape index (κ3) is 282. The number of halogens is 1. The maximum atomic E-state index is 3.00. The van der Waals surface area contributed by atoms with Crippen molar-refractivity contribution in [3.05, 3.63) is 13.2 Å². The Labute approximate surface area is 53.5 Å². The van der Waals surface area contributed by atoms with Crippen molar-refractivity contribution in [1.82, 2.24) is 3.11 Å². The van der Waals surface area contributed by atoms with Gasteiger partial charge in [0.15, 0.2) is 0 Å². The Bertz CT molecular complexity index is 18.8. The van der Waals surface area contributed by atoms with Gasteiger partial charge < -0.3 is 0 Å². The van der Waals surface area contributed by atoms with E-state index in [4.69, 9.17) is 0 Å². The van der Waals surface area contributed by atoms with E-state index in [1.807, 2.05) is 17.2 Å². The van der Waals surface area contributed by atoms with Crippen LogP contribution in [0.2, 0.25) is 0 Å². The Hall–Kier alpha value is 0.430. The van der Waals surface area contributed by atoms with Gasteiger partial charge in [0.25, 0.3) is 0 Å². The first-order valence-electron chi connectivity index (χ1n) is 1.56. The fraction of sp³-hybridized carbons (Fsp3) is 0.500. The van der Waals surface area contributed by atoms with Crippen molar-refractivity contribution in [2.45, 2.75) is 0 Å². The summed E-state index contributed by atoms with van der Waals surface area (Å²) in [6.07, 6.45) is 0. The summed E-state index contributed by atoms with van der Waals surface area (Å²) in [5, 5.41) is 0. The first-order valence-corrected chi connectivity index (χ1v) is 2.53. The molecule has 0 aliphatic rings. The Morgan fingerprint density at radius 2 is 1.33 bits per heavy atom. The highest BCUT2D eigenvalue weighted by molar-refractivity contribution is 14.1. The van der Waals surface area contributed by atoms with Crippen LogP contribution in [0.25, 0.3) is 0 Å². The average molecular weight is 199 g/mol. The predicted octanol–water partition coefficient (Wildman–Crippen LogP) is 1.70. The van der Waals surface area contributed by atoms with Gasteiger partial charge in [-0.15, -0.1) is 13.2 Å². The Balaban J connectivity index is 0. The fourth-order valence-corrected chi connectivity index (χ4v) is 0. The molecular formula is C4H10IN. The molecule has 0 aromatic carbocycles. The summed E-state index contributed by atoms with van der Waals surface area (Å²) in [4.78, 5) is 0. The minimum absolute atomic E-state index is 1.97. The first-order chi connectivity index (χ1) is 2.73. The van der Waals surface area contributed by atoms with Crippen LogP contribution in [0.1, 0.15) is 0 Å². The summed E-state index contributed by atoms with van der Waals surface area (Å²) in [6, 6.07) is 0. The molecule has 0 rings (SSSR count). The highest BCUT2D eigenvalue weighted by atomic mass is 127. The zero-order chi connectivity index (χ0) is 5.58. The molecule has 0 aliphatic carbocycles. The molecule has 0 atom stereocenters. The van der Waals surface area contributed by atoms with Gasteiger partial charge in [-0.2, -0.15) is 0 Å². The van der Waals surface area contributed by atoms with Crippen LogP contribution in [0.5, 0.6) is 0 Å². The van der Waals surface area contributed by atoms with Gasteiger partial charge in [-0.3, -0.25) is 3.11 Å². The zero-order valence-corrected chi connectivity index (χ0v) is 6.40. The van der Waals surface area contributed by atoms with Crippen LogP contribution in [-0.2, 0) is 0 Å². The van der Waals surface area contributed by atoms with E-state index in [1.54, 1.807) is 0 Å². The summed E-state index contributed by atoms with van der Waals surface area (Å²) in [5.41, 5.74) is 0. The summed E-state index contributed by atoms with van der Waals surface area (Å²) < 4.78 is 1.97.